The van der Waals surface area contributed by atoms with Crippen LogP contribution in [0.1, 0.15) is 16.2 Å². The number of furan rings is 1. The van der Waals surface area contributed by atoms with Gasteiger partial charge in [-0.3, -0.25) is 4.79 Å². The van der Waals surface area contributed by atoms with Gasteiger partial charge in [0.15, 0.2) is 11.5 Å². The molecule has 0 aliphatic carbocycles. The zero-order valence-corrected chi connectivity index (χ0v) is 10.9. The zero-order chi connectivity index (χ0) is 14.7. The van der Waals surface area contributed by atoms with E-state index in [1.165, 1.54) is 18.4 Å². The zero-order valence-electron chi connectivity index (χ0n) is 10.9. The minimum atomic E-state index is -0.360. The molecule has 2 heterocycles. The molecule has 1 aromatic carbocycles. The normalized spacial score (nSPS) is 10.5. The van der Waals surface area contributed by atoms with Gasteiger partial charge in [-0.15, -0.1) is 0 Å². The number of carbonyl (C=O) groups excluding carboxylic acids is 1. The summed E-state index contributed by atoms with van der Waals surface area (Å²) in [6, 6.07) is 11.6. The molecular weight excluding hydrogens is 272 g/mol. The van der Waals surface area contributed by atoms with E-state index in [0.29, 0.717) is 17.1 Å². The summed E-state index contributed by atoms with van der Waals surface area (Å²) >= 11 is 0. The molecule has 0 bridgehead atoms. The van der Waals surface area contributed by atoms with Gasteiger partial charge in [-0.25, -0.2) is 0 Å². The molecule has 0 spiro atoms. The van der Waals surface area contributed by atoms with Gasteiger partial charge >= 0.3 is 0 Å². The van der Waals surface area contributed by atoms with E-state index in [9.17, 15) is 9.90 Å². The van der Waals surface area contributed by atoms with Crippen LogP contribution in [0.15, 0.2) is 57.7 Å². The molecule has 0 unspecified atom stereocenters. The number of nitrogens with one attached hydrogen (secondary N) is 1. The third kappa shape index (κ3) is 2.94. The van der Waals surface area contributed by atoms with Gasteiger partial charge < -0.3 is 19.4 Å². The van der Waals surface area contributed by atoms with Crippen LogP contribution < -0.4 is 5.32 Å². The first-order valence-corrected chi connectivity index (χ1v) is 6.29. The number of nitrogens with zero attached hydrogens (tertiary/aromatic N) is 1. The summed E-state index contributed by atoms with van der Waals surface area (Å²) in [5.41, 5.74) is 0.812. The van der Waals surface area contributed by atoms with Crippen molar-refractivity contribution < 1.29 is 18.8 Å². The summed E-state index contributed by atoms with van der Waals surface area (Å²) in [6.45, 7) is 0.278. The summed E-state index contributed by atoms with van der Waals surface area (Å²) in [5, 5.41) is 15.8. The molecule has 6 heteroatoms. The number of hydrogen-bond acceptors (Lipinski definition) is 5. The Labute approximate surface area is 120 Å². The van der Waals surface area contributed by atoms with Crippen molar-refractivity contribution in [1.82, 2.24) is 10.5 Å². The molecule has 0 atom stereocenters. The van der Waals surface area contributed by atoms with Crippen LogP contribution in [0.3, 0.4) is 0 Å². The van der Waals surface area contributed by atoms with Crippen LogP contribution in [0.4, 0.5) is 0 Å². The van der Waals surface area contributed by atoms with Crippen molar-refractivity contribution in [3.05, 3.63) is 60.2 Å². The van der Waals surface area contributed by atoms with Gasteiger partial charge in [0.1, 0.15) is 11.5 Å². The Kier molecular flexibility index (Phi) is 3.42. The quantitative estimate of drug-likeness (QED) is 0.768. The molecule has 2 N–H and O–H groups in total. The maximum absolute atomic E-state index is 11.9. The van der Waals surface area contributed by atoms with Gasteiger partial charge in [0.25, 0.3) is 5.91 Å². The average Bonchev–Trinajstić information content (AvgIpc) is 3.16. The number of rotatable bonds is 4. The molecule has 21 heavy (non-hydrogen) atoms. The van der Waals surface area contributed by atoms with Gasteiger partial charge in [-0.2, -0.15) is 0 Å². The van der Waals surface area contributed by atoms with Crippen LogP contribution in [0.25, 0.3) is 11.3 Å². The highest BCUT2D eigenvalue weighted by Crippen LogP contribution is 2.23. The van der Waals surface area contributed by atoms with E-state index in [1.54, 1.807) is 30.3 Å². The summed E-state index contributed by atoms with van der Waals surface area (Å²) in [7, 11) is 0. The molecule has 0 aliphatic rings. The van der Waals surface area contributed by atoms with Gasteiger partial charge in [0, 0.05) is 11.6 Å². The van der Waals surface area contributed by atoms with Crippen LogP contribution in [-0.4, -0.2) is 16.2 Å². The first-order chi connectivity index (χ1) is 10.2. The maximum atomic E-state index is 11.9. The molecule has 0 saturated heterocycles. The first kappa shape index (κ1) is 13.0. The van der Waals surface area contributed by atoms with E-state index in [1.807, 2.05) is 0 Å². The third-order valence-corrected chi connectivity index (χ3v) is 2.88. The number of benzene rings is 1. The molecule has 6 nitrogen and oxygen atoms in total. The Morgan fingerprint density at radius 3 is 2.90 bits per heavy atom. The standard InChI is InChI=1S/C15H12N2O4/c18-11-4-1-3-10(7-11)14-8-13(17-21-14)15(19)16-9-12-5-2-6-20-12/h1-8,18H,9H2,(H,16,19). The monoisotopic (exact) mass is 284 g/mol. The van der Waals surface area contributed by atoms with Crippen molar-refractivity contribution in [3.63, 3.8) is 0 Å². The molecule has 106 valence electrons. The Bertz CT molecular complexity index is 747. The summed E-state index contributed by atoms with van der Waals surface area (Å²) in [5.74, 6) is 0.823. The first-order valence-electron chi connectivity index (χ1n) is 6.29. The van der Waals surface area contributed by atoms with Gasteiger partial charge in [-0.05, 0) is 24.3 Å². The number of phenolic OH excluding ortho intramolecular Hbond substituents is 1. The predicted molar refractivity (Wildman–Crippen MR) is 73.5 cm³/mol. The molecule has 0 fully saturated rings. The lowest BCUT2D eigenvalue weighted by molar-refractivity contribution is 0.0939. The van der Waals surface area contributed by atoms with Crippen LogP contribution in [0.2, 0.25) is 0 Å². The fourth-order valence-corrected chi connectivity index (χ4v) is 1.85. The second kappa shape index (κ2) is 5.54. The largest absolute Gasteiger partial charge is 0.508 e. The molecule has 3 rings (SSSR count). The second-order valence-corrected chi connectivity index (χ2v) is 4.39. The van der Waals surface area contributed by atoms with Crippen LogP contribution in [0.5, 0.6) is 5.75 Å². The highest BCUT2D eigenvalue weighted by atomic mass is 16.5. The fraction of sp³-hybridized carbons (Fsp3) is 0.0667. The lowest BCUT2D eigenvalue weighted by atomic mass is 10.1. The van der Waals surface area contributed by atoms with Crippen LogP contribution in [0, 0.1) is 0 Å². The number of aromatic nitrogens is 1. The van der Waals surface area contributed by atoms with Crippen molar-refractivity contribution in [2.24, 2.45) is 0 Å². The smallest absolute Gasteiger partial charge is 0.273 e. The van der Waals surface area contributed by atoms with E-state index in [-0.39, 0.29) is 23.9 Å². The van der Waals surface area contributed by atoms with Crippen LogP contribution in [-0.2, 0) is 6.54 Å². The van der Waals surface area contributed by atoms with Gasteiger partial charge in [0.05, 0.1) is 12.8 Å². The minimum Gasteiger partial charge on any atom is -0.508 e. The minimum absolute atomic E-state index is 0.118. The SMILES string of the molecule is O=C(NCc1ccco1)c1cc(-c2cccc(O)c2)on1. The summed E-state index contributed by atoms with van der Waals surface area (Å²) in [4.78, 5) is 11.9. The van der Waals surface area contributed by atoms with E-state index >= 15 is 0 Å². The molecule has 2 aromatic heterocycles. The van der Waals surface area contributed by atoms with Crippen molar-refractivity contribution in [1.29, 1.82) is 0 Å². The molecule has 0 aliphatic heterocycles. The van der Waals surface area contributed by atoms with Gasteiger partial charge in [0.2, 0.25) is 0 Å². The number of hydrogen-bond donors (Lipinski definition) is 2. The van der Waals surface area contributed by atoms with Crippen LogP contribution >= 0.6 is 0 Å². The summed E-state index contributed by atoms with van der Waals surface area (Å²) < 4.78 is 10.2. The topological polar surface area (TPSA) is 88.5 Å². The van der Waals surface area contributed by atoms with Crippen molar-refractivity contribution >= 4 is 5.91 Å². The highest BCUT2D eigenvalue weighted by Gasteiger charge is 2.14. The second-order valence-electron chi connectivity index (χ2n) is 4.39. The Balaban J connectivity index is 1.71. The Morgan fingerprint density at radius 2 is 2.14 bits per heavy atom. The number of amides is 1. The Morgan fingerprint density at radius 1 is 1.24 bits per heavy atom. The van der Waals surface area contributed by atoms with Crippen molar-refractivity contribution in [3.8, 4) is 17.1 Å². The molecule has 0 radical (unpaired) electrons. The number of carbonyl (C=O) groups is 1. The van der Waals surface area contributed by atoms with E-state index in [4.69, 9.17) is 8.94 Å². The molecule has 0 saturated carbocycles. The average molecular weight is 284 g/mol. The number of phenols is 1. The molecule has 3 aromatic rings. The van der Waals surface area contributed by atoms with E-state index in [2.05, 4.69) is 10.5 Å². The Hall–Kier alpha value is -3.02. The summed E-state index contributed by atoms with van der Waals surface area (Å²) in [6.07, 6.45) is 1.54. The predicted octanol–water partition coefficient (Wildman–Crippen LogP) is 2.57. The van der Waals surface area contributed by atoms with E-state index in [0.717, 1.165) is 0 Å². The third-order valence-electron chi connectivity index (χ3n) is 2.88. The van der Waals surface area contributed by atoms with Crippen molar-refractivity contribution in [2.75, 3.05) is 0 Å². The van der Waals surface area contributed by atoms with Crippen molar-refractivity contribution in [2.45, 2.75) is 6.54 Å². The fourth-order valence-electron chi connectivity index (χ4n) is 1.85. The lowest BCUT2D eigenvalue weighted by Crippen LogP contribution is -2.22. The van der Waals surface area contributed by atoms with Gasteiger partial charge in [-0.1, -0.05) is 17.3 Å². The number of aromatic hydroxyl groups is 1. The highest BCUT2D eigenvalue weighted by molar-refractivity contribution is 5.93. The maximum Gasteiger partial charge on any atom is 0.273 e. The molecular formula is C15H12N2O4. The lowest BCUT2D eigenvalue weighted by Gasteiger charge is -1.98. The molecule has 1 amide bonds. The van der Waals surface area contributed by atoms with E-state index < -0.39 is 0 Å².